The van der Waals surface area contributed by atoms with Gasteiger partial charge in [-0.25, -0.2) is 0 Å². The first kappa shape index (κ1) is 25.1. The van der Waals surface area contributed by atoms with Crippen LogP contribution in [0.5, 0.6) is 11.5 Å². The van der Waals surface area contributed by atoms with E-state index in [1.807, 2.05) is 0 Å². The largest absolute Gasteiger partial charge is 0.453 e. The van der Waals surface area contributed by atoms with Crippen LogP contribution in [0.2, 0.25) is 0 Å². The second-order valence-corrected chi connectivity index (χ2v) is 11.2. The maximum atomic E-state index is 6.53. The monoisotopic (exact) mass is 556 g/mol. The second kappa shape index (κ2) is 10.0. The van der Waals surface area contributed by atoms with E-state index in [-0.39, 0.29) is 0 Å². The molecule has 210 valence electrons. The third kappa shape index (κ3) is 4.31. The standard InChI is InChI=1S/C34H32N6O2/c1-21-27-17-23(3-7-29(27)37-35-21)25-5-9-33-31(19-25)40(12-11-39-13-15-41-16-14-39)32-20-26(6-10-34(32)42-33)24-4-8-30-28(18-24)22(2)36-38-30/h3-10,17-20H,11-16H2,1-2H3,(H,35,37)(H,36,38). The zero-order valence-corrected chi connectivity index (χ0v) is 23.8. The number of hydrogen-bond acceptors (Lipinski definition) is 6. The van der Waals surface area contributed by atoms with Crippen LogP contribution in [0, 0.1) is 13.8 Å². The summed E-state index contributed by atoms with van der Waals surface area (Å²) in [7, 11) is 0. The minimum absolute atomic E-state index is 0.788. The molecule has 8 rings (SSSR count). The molecule has 0 aliphatic carbocycles. The summed E-state index contributed by atoms with van der Waals surface area (Å²) in [5, 5.41) is 17.3. The first-order chi connectivity index (χ1) is 20.6. The molecule has 1 saturated heterocycles. The molecule has 0 bridgehead atoms. The van der Waals surface area contributed by atoms with Crippen LogP contribution in [0.15, 0.2) is 72.8 Å². The van der Waals surface area contributed by atoms with Crippen LogP contribution in [0.1, 0.15) is 11.4 Å². The molecule has 2 aromatic heterocycles. The Kier molecular flexibility index (Phi) is 5.98. The summed E-state index contributed by atoms with van der Waals surface area (Å²) < 4.78 is 12.1. The highest BCUT2D eigenvalue weighted by atomic mass is 16.5. The molecule has 6 aromatic rings. The first-order valence-corrected chi connectivity index (χ1v) is 14.5. The van der Waals surface area contributed by atoms with Crippen molar-refractivity contribution in [1.82, 2.24) is 25.3 Å². The molecule has 0 atom stereocenters. The number of rotatable bonds is 5. The zero-order valence-electron chi connectivity index (χ0n) is 23.8. The summed E-state index contributed by atoms with van der Waals surface area (Å²) in [6.45, 7) is 9.40. The second-order valence-electron chi connectivity index (χ2n) is 11.2. The van der Waals surface area contributed by atoms with Crippen molar-refractivity contribution >= 4 is 33.2 Å². The molecule has 2 aliphatic rings. The van der Waals surface area contributed by atoms with Crippen molar-refractivity contribution < 1.29 is 9.47 Å². The van der Waals surface area contributed by atoms with Gasteiger partial charge in [0, 0.05) is 48.3 Å². The lowest BCUT2D eigenvalue weighted by Gasteiger charge is -2.36. The smallest absolute Gasteiger partial charge is 0.151 e. The Bertz CT molecular complexity index is 1820. The van der Waals surface area contributed by atoms with Crippen LogP contribution in [0.25, 0.3) is 44.1 Å². The van der Waals surface area contributed by atoms with Gasteiger partial charge in [0.1, 0.15) is 0 Å². The Balaban J connectivity index is 1.21. The van der Waals surface area contributed by atoms with Crippen LogP contribution >= 0.6 is 0 Å². The Labute approximate surface area is 243 Å². The first-order valence-electron chi connectivity index (χ1n) is 14.5. The van der Waals surface area contributed by atoms with Gasteiger partial charge < -0.3 is 14.4 Å². The van der Waals surface area contributed by atoms with Crippen molar-refractivity contribution in [2.24, 2.45) is 0 Å². The average Bonchev–Trinajstić information content (AvgIpc) is 3.60. The molecule has 8 nitrogen and oxygen atoms in total. The van der Waals surface area contributed by atoms with Gasteiger partial charge in [-0.3, -0.25) is 15.1 Å². The Hall–Kier alpha value is -4.66. The molecule has 4 aromatic carbocycles. The summed E-state index contributed by atoms with van der Waals surface area (Å²) in [4.78, 5) is 4.91. The Morgan fingerprint density at radius 1 is 0.643 bits per heavy atom. The summed E-state index contributed by atoms with van der Waals surface area (Å²) in [5.41, 5.74) is 10.9. The van der Waals surface area contributed by atoms with Gasteiger partial charge in [0.2, 0.25) is 0 Å². The number of ether oxygens (including phenoxy) is 2. The molecule has 0 saturated carbocycles. The van der Waals surface area contributed by atoms with Crippen molar-refractivity contribution in [3.05, 3.63) is 84.2 Å². The van der Waals surface area contributed by atoms with E-state index in [0.29, 0.717) is 0 Å². The highest BCUT2D eigenvalue weighted by Gasteiger charge is 2.26. The van der Waals surface area contributed by atoms with Crippen molar-refractivity contribution in [3.8, 4) is 33.8 Å². The fraction of sp³-hybridized carbons (Fsp3) is 0.235. The van der Waals surface area contributed by atoms with Crippen molar-refractivity contribution in [3.63, 3.8) is 0 Å². The number of nitrogens with one attached hydrogen (secondary N) is 2. The number of nitrogens with zero attached hydrogens (tertiary/aromatic N) is 4. The number of benzene rings is 4. The number of aryl methyl sites for hydroxylation is 2. The van der Waals surface area contributed by atoms with E-state index in [9.17, 15) is 0 Å². The molecular formula is C34H32N6O2. The number of hydrogen-bond donors (Lipinski definition) is 2. The van der Waals surface area contributed by atoms with E-state index < -0.39 is 0 Å². The van der Waals surface area contributed by atoms with Gasteiger partial charge in [-0.05, 0) is 84.6 Å². The molecule has 2 aliphatic heterocycles. The Morgan fingerprint density at radius 2 is 1.14 bits per heavy atom. The van der Waals surface area contributed by atoms with E-state index in [4.69, 9.17) is 9.47 Å². The number of fused-ring (bicyclic) bond motifs is 4. The summed E-state index contributed by atoms with van der Waals surface area (Å²) in [6, 6.07) is 25.9. The Morgan fingerprint density at radius 3 is 1.69 bits per heavy atom. The number of H-pyrrole nitrogens is 2. The molecule has 1 fully saturated rings. The van der Waals surface area contributed by atoms with Crippen LogP contribution in [0.4, 0.5) is 11.4 Å². The molecule has 42 heavy (non-hydrogen) atoms. The van der Waals surface area contributed by atoms with E-state index >= 15 is 0 Å². The van der Waals surface area contributed by atoms with Crippen LogP contribution < -0.4 is 9.64 Å². The zero-order chi connectivity index (χ0) is 28.2. The normalized spacial score (nSPS) is 15.1. The molecule has 0 spiro atoms. The van der Waals surface area contributed by atoms with Crippen molar-refractivity contribution in [2.45, 2.75) is 13.8 Å². The number of aromatic amines is 2. The van der Waals surface area contributed by atoms with Gasteiger partial charge in [-0.15, -0.1) is 0 Å². The average molecular weight is 557 g/mol. The fourth-order valence-corrected chi connectivity index (χ4v) is 6.18. The van der Waals surface area contributed by atoms with Crippen LogP contribution in [-0.2, 0) is 4.74 Å². The minimum atomic E-state index is 0.788. The third-order valence-electron chi connectivity index (χ3n) is 8.62. The molecule has 8 heteroatoms. The summed E-state index contributed by atoms with van der Waals surface area (Å²) in [6.07, 6.45) is 0. The molecule has 0 radical (unpaired) electrons. The summed E-state index contributed by atoms with van der Waals surface area (Å²) in [5.74, 6) is 1.74. The lowest BCUT2D eigenvalue weighted by Crippen LogP contribution is -2.41. The molecule has 0 unspecified atom stereocenters. The van der Waals surface area contributed by atoms with Gasteiger partial charge in [0.15, 0.2) is 11.5 Å². The van der Waals surface area contributed by atoms with E-state index in [1.54, 1.807) is 0 Å². The van der Waals surface area contributed by atoms with Gasteiger partial charge in [0.05, 0.1) is 35.6 Å². The molecule has 2 N–H and O–H groups in total. The topological polar surface area (TPSA) is 82.3 Å². The SMILES string of the molecule is Cc1[nH]nc2ccc(-c3ccc4c(c3)N(CCN3CCOCC3)c3cc(-c5ccc6n[nH]c(C)c6c5)ccc3O4)cc12. The number of aromatic nitrogens is 4. The van der Waals surface area contributed by atoms with Crippen LogP contribution in [-0.4, -0.2) is 64.7 Å². The third-order valence-corrected chi connectivity index (χ3v) is 8.62. The van der Waals surface area contributed by atoms with Gasteiger partial charge >= 0.3 is 0 Å². The lowest BCUT2D eigenvalue weighted by molar-refractivity contribution is 0.0394. The predicted octanol–water partition coefficient (Wildman–Crippen LogP) is 6.97. The van der Waals surface area contributed by atoms with Crippen molar-refractivity contribution in [1.29, 1.82) is 0 Å². The van der Waals surface area contributed by atoms with E-state index in [1.165, 1.54) is 0 Å². The predicted molar refractivity (Wildman–Crippen MR) is 167 cm³/mol. The molecule has 0 amide bonds. The lowest BCUT2D eigenvalue weighted by atomic mass is 9.99. The van der Waals surface area contributed by atoms with Crippen molar-refractivity contribution in [2.75, 3.05) is 44.3 Å². The number of anilines is 2. The minimum Gasteiger partial charge on any atom is -0.453 e. The fourth-order valence-electron chi connectivity index (χ4n) is 6.18. The molecular weight excluding hydrogens is 524 g/mol. The maximum Gasteiger partial charge on any atom is 0.151 e. The van der Waals surface area contributed by atoms with E-state index in [0.717, 1.165) is 118 Å². The van der Waals surface area contributed by atoms with Crippen LogP contribution in [0.3, 0.4) is 0 Å². The molecule has 4 heterocycles. The van der Waals surface area contributed by atoms with Gasteiger partial charge in [-0.1, -0.05) is 24.3 Å². The summed E-state index contributed by atoms with van der Waals surface area (Å²) >= 11 is 0. The highest BCUT2D eigenvalue weighted by Crippen LogP contribution is 2.49. The van der Waals surface area contributed by atoms with Gasteiger partial charge in [0.25, 0.3) is 0 Å². The number of morpholine rings is 1. The maximum absolute atomic E-state index is 6.53. The van der Waals surface area contributed by atoms with Gasteiger partial charge in [-0.2, -0.15) is 10.2 Å². The quantitative estimate of drug-likeness (QED) is 0.239. The van der Waals surface area contributed by atoms with E-state index in [2.05, 4.69) is 117 Å². The highest BCUT2D eigenvalue weighted by molar-refractivity contribution is 5.90.